The highest BCUT2D eigenvalue weighted by Gasteiger charge is 2.48. The van der Waals surface area contributed by atoms with Crippen LogP contribution in [-0.2, 0) is 14.4 Å². The summed E-state index contributed by atoms with van der Waals surface area (Å²) < 4.78 is 0.888. The molecule has 28 heavy (non-hydrogen) atoms. The minimum atomic E-state index is -1.65. The van der Waals surface area contributed by atoms with Crippen LogP contribution in [0.5, 0.6) is 0 Å². The van der Waals surface area contributed by atoms with Gasteiger partial charge in [-0.3, -0.25) is 14.4 Å². The SMILES string of the molecule is CC(=O)c1ccc(NC(=O)[C@]2(CC(=O)O)CC(c3ccc(Br)cc3)=NO2)cc1. The number of amides is 1. The van der Waals surface area contributed by atoms with E-state index in [1.807, 2.05) is 24.3 Å². The van der Waals surface area contributed by atoms with E-state index in [1.54, 1.807) is 24.3 Å². The van der Waals surface area contributed by atoms with Crippen molar-refractivity contribution in [3.63, 3.8) is 0 Å². The topological polar surface area (TPSA) is 105 Å². The fourth-order valence-electron chi connectivity index (χ4n) is 2.85. The largest absolute Gasteiger partial charge is 0.481 e. The number of carboxylic acid groups (broad SMARTS) is 1. The van der Waals surface area contributed by atoms with E-state index in [0.29, 0.717) is 17.0 Å². The van der Waals surface area contributed by atoms with Crippen molar-refractivity contribution in [2.24, 2.45) is 5.16 Å². The number of carbonyl (C=O) groups excluding carboxylic acids is 2. The van der Waals surface area contributed by atoms with Crippen LogP contribution in [0.2, 0.25) is 0 Å². The molecule has 0 saturated carbocycles. The second-order valence-corrected chi connectivity index (χ2v) is 7.38. The molecule has 1 atom stereocenters. The Labute approximate surface area is 169 Å². The summed E-state index contributed by atoms with van der Waals surface area (Å²) in [6.07, 6.45) is -0.508. The normalized spacial score (nSPS) is 18.1. The lowest BCUT2D eigenvalue weighted by Crippen LogP contribution is -2.45. The van der Waals surface area contributed by atoms with Gasteiger partial charge in [0, 0.05) is 22.1 Å². The number of nitrogens with one attached hydrogen (secondary N) is 1. The predicted molar refractivity (Wildman–Crippen MR) is 106 cm³/mol. The average molecular weight is 445 g/mol. The molecule has 0 unspecified atom stereocenters. The summed E-state index contributed by atoms with van der Waals surface area (Å²) in [6, 6.07) is 13.6. The van der Waals surface area contributed by atoms with Gasteiger partial charge in [-0.15, -0.1) is 0 Å². The Morgan fingerprint density at radius 2 is 1.79 bits per heavy atom. The second kappa shape index (κ2) is 7.93. The molecule has 2 aromatic rings. The molecule has 0 radical (unpaired) electrons. The van der Waals surface area contributed by atoms with Crippen molar-refractivity contribution >= 4 is 45.0 Å². The molecule has 0 aliphatic carbocycles. The van der Waals surface area contributed by atoms with Crippen LogP contribution in [0.25, 0.3) is 0 Å². The maximum Gasteiger partial charge on any atom is 0.308 e. The number of hydrogen-bond acceptors (Lipinski definition) is 5. The number of aliphatic carboxylic acids is 1. The lowest BCUT2D eigenvalue weighted by molar-refractivity contribution is -0.152. The van der Waals surface area contributed by atoms with Gasteiger partial charge < -0.3 is 15.3 Å². The first-order valence-electron chi connectivity index (χ1n) is 8.44. The van der Waals surface area contributed by atoms with Gasteiger partial charge in [0.05, 0.1) is 12.1 Å². The van der Waals surface area contributed by atoms with Crippen LogP contribution in [0.3, 0.4) is 0 Å². The van der Waals surface area contributed by atoms with Crippen molar-refractivity contribution in [2.45, 2.75) is 25.4 Å². The molecule has 144 valence electrons. The van der Waals surface area contributed by atoms with Crippen LogP contribution in [0, 0.1) is 0 Å². The first-order valence-corrected chi connectivity index (χ1v) is 9.24. The third kappa shape index (κ3) is 4.28. The summed E-state index contributed by atoms with van der Waals surface area (Å²) in [7, 11) is 0. The number of hydrogen-bond donors (Lipinski definition) is 2. The van der Waals surface area contributed by atoms with Gasteiger partial charge in [0.15, 0.2) is 5.78 Å². The fraction of sp³-hybridized carbons (Fsp3) is 0.200. The first kappa shape index (κ1) is 19.8. The quantitative estimate of drug-likeness (QED) is 0.661. The highest BCUT2D eigenvalue weighted by molar-refractivity contribution is 9.10. The third-order valence-electron chi connectivity index (χ3n) is 4.36. The summed E-state index contributed by atoms with van der Waals surface area (Å²) in [6.45, 7) is 1.45. The van der Waals surface area contributed by atoms with E-state index < -0.39 is 23.9 Å². The van der Waals surface area contributed by atoms with Gasteiger partial charge in [0.1, 0.15) is 0 Å². The molecule has 0 fully saturated rings. The molecule has 7 nitrogen and oxygen atoms in total. The van der Waals surface area contributed by atoms with E-state index in [1.165, 1.54) is 6.92 Å². The maximum atomic E-state index is 12.9. The van der Waals surface area contributed by atoms with Crippen LogP contribution in [0.4, 0.5) is 5.69 Å². The van der Waals surface area contributed by atoms with E-state index >= 15 is 0 Å². The molecule has 3 rings (SSSR count). The van der Waals surface area contributed by atoms with Gasteiger partial charge in [0.2, 0.25) is 5.60 Å². The highest BCUT2D eigenvalue weighted by Crippen LogP contribution is 2.32. The van der Waals surface area contributed by atoms with Crippen molar-refractivity contribution in [1.29, 1.82) is 0 Å². The summed E-state index contributed by atoms with van der Waals surface area (Å²) in [5.74, 6) is -1.87. The van der Waals surface area contributed by atoms with E-state index in [0.717, 1.165) is 10.0 Å². The summed E-state index contributed by atoms with van der Waals surface area (Å²) in [4.78, 5) is 41.0. The Morgan fingerprint density at radius 1 is 1.14 bits per heavy atom. The minimum Gasteiger partial charge on any atom is -0.481 e. The van der Waals surface area contributed by atoms with Crippen molar-refractivity contribution in [3.05, 3.63) is 64.1 Å². The molecule has 1 heterocycles. The van der Waals surface area contributed by atoms with Crippen molar-refractivity contribution in [2.75, 3.05) is 5.32 Å². The van der Waals surface area contributed by atoms with E-state index in [9.17, 15) is 19.5 Å². The monoisotopic (exact) mass is 444 g/mol. The number of Topliss-reactive ketones (excluding diaryl/α,β-unsaturated/α-hetero) is 1. The van der Waals surface area contributed by atoms with Crippen molar-refractivity contribution in [3.8, 4) is 0 Å². The van der Waals surface area contributed by atoms with Gasteiger partial charge in [0.25, 0.3) is 5.91 Å². The van der Waals surface area contributed by atoms with Gasteiger partial charge in [-0.25, -0.2) is 0 Å². The van der Waals surface area contributed by atoms with Crippen molar-refractivity contribution in [1.82, 2.24) is 0 Å². The summed E-state index contributed by atoms with van der Waals surface area (Å²) in [5.41, 5.74) is 0.537. The number of carbonyl (C=O) groups is 3. The zero-order valence-corrected chi connectivity index (χ0v) is 16.5. The number of nitrogens with zero attached hydrogens (tertiary/aromatic N) is 1. The maximum absolute atomic E-state index is 12.9. The molecule has 0 bridgehead atoms. The standard InChI is InChI=1S/C20H17BrN2O5/c1-12(24)13-4-8-16(9-5-13)22-19(27)20(11-18(25)26)10-17(23-28-20)14-2-6-15(21)7-3-14/h2-9H,10-11H2,1H3,(H,22,27)(H,25,26)/t20-/m1/s1. The predicted octanol–water partition coefficient (Wildman–Crippen LogP) is 3.63. The Morgan fingerprint density at radius 3 is 2.36 bits per heavy atom. The number of anilines is 1. The number of oxime groups is 1. The molecule has 0 saturated heterocycles. The van der Waals surface area contributed by atoms with Crippen LogP contribution < -0.4 is 5.32 Å². The molecular formula is C20H17BrN2O5. The van der Waals surface area contributed by atoms with Gasteiger partial charge in [-0.1, -0.05) is 33.2 Å². The number of rotatable bonds is 6. The highest BCUT2D eigenvalue weighted by atomic mass is 79.9. The molecule has 2 N–H and O–H groups in total. The van der Waals surface area contributed by atoms with Crippen LogP contribution in [0.1, 0.15) is 35.7 Å². The zero-order valence-electron chi connectivity index (χ0n) is 14.9. The summed E-state index contributed by atoms with van der Waals surface area (Å²) >= 11 is 3.35. The lowest BCUT2D eigenvalue weighted by Gasteiger charge is -2.23. The Hall–Kier alpha value is -3.00. The molecule has 1 aliphatic rings. The minimum absolute atomic E-state index is 0.0261. The molecule has 0 spiro atoms. The first-order chi connectivity index (χ1) is 13.3. The number of benzene rings is 2. The second-order valence-electron chi connectivity index (χ2n) is 6.47. The van der Waals surface area contributed by atoms with Gasteiger partial charge >= 0.3 is 5.97 Å². The molecule has 0 aromatic heterocycles. The smallest absolute Gasteiger partial charge is 0.308 e. The molecule has 1 aliphatic heterocycles. The molecule has 2 aromatic carbocycles. The molecular weight excluding hydrogens is 428 g/mol. The van der Waals surface area contributed by atoms with Crippen LogP contribution in [0.15, 0.2) is 58.2 Å². The molecule has 1 amide bonds. The van der Waals surface area contributed by atoms with Crippen LogP contribution in [-0.4, -0.2) is 34.1 Å². The fourth-order valence-corrected chi connectivity index (χ4v) is 3.11. The third-order valence-corrected chi connectivity index (χ3v) is 4.89. The zero-order chi connectivity index (χ0) is 20.3. The van der Waals surface area contributed by atoms with E-state index in [2.05, 4.69) is 26.4 Å². The van der Waals surface area contributed by atoms with Gasteiger partial charge in [-0.05, 0) is 48.9 Å². The van der Waals surface area contributed by atoms with Crippen molar-refractivity contribution < 1.29 is 24.3 Å². The van der Waals surface area contributed by atoms with Gasteiger partial charge in [-0.2, -0.15) is 0 Å². The lowest BCUT2D eigenvalue weighted by atomic mass is 9.90. The Balaban J connectivity index is 1.80. The number of halogens is 1. The Bertz CT molecular complexity index is 954. The Kier molecular flexibility index (Phi) is 5.60. The van der Waals surface area contributed by atoms with E-state index in [-0.39, 0.29) is 12.2 Å². The number of carboxylic acids is 1. The summed E-state index contributed by atoms with van der Waals surface area (Å²) in [5, 5.41) is 15.9. The molecule has 8 heteroatoms. The average Bonchev–Trinajstić information content (AvgIpc) is 3.07. The van der Waals surface area contributed by atoms with E-state index in [4.69, 9.17) is 4.84 Å². The van der Waals surface area contributed by atoms with Crippen LogP contribution >= 0.6 is 15.9 Å². The number of ketones is 1.